The number of benzene rings is 1. The van der Waals surface area contributed by atoms with Crippen LogP contribution >= 0.6 is 15.9 Å². The minimum absolute atomic E-state index is 0.643. The summed E-state index contributed by atoms with van der Waals surface area (Å²) in [5.41, 5.74) is 8.09. The molecule has 0 spiro atoms. The number of pyridine rings is 1. The first-order valence-corrected chi connectivity index (χ1v) is 5.89. The lowest BCUT2D eigenvalue weighted by molar-refractivity contribution is 0.893. The Morgan fingerprint density at radius 3 is 2.82 bits per heavy atom. The summed E-state index contributed by atoms with van der Waals surface area (Å²) in [4.78, 5) is 4.31. The second-order valence-electron chi connectivity index (χ2n) is 3.69. The molecule has 0 unspecified atom stereocenters. The lowest BCUT2D eigenvalue weighted by Crippen LogP contribution is -1.98. The molecule has 0 atom stereocenters. The Morgan fingerprint density at radius 1 is 1.18 bits per heavy atom. The zero-order valence-electron chi connectivity index (χ0n) is 8.84. The molecule has 0 bridgehead atoms. The maximum absolute atomic E-state index is 5.69. The van der Waals surface area contributed by atoms with E-state index >= 15 is 0 Å². The van der Waals surface area contributed by atoms with E-state index in [9.17, 15) is 0 Å². The molecule has 0 aliphatic rings. The summed E-state index contributed by atoms with van der Waals surface area (Å²) in [5.74, 6) is 0. The predicted molar refractivity (Wildman–Crippen MR) is 71.0 cm³/mol. The molecular weight excluding hydrogens is 280 g/mol. The SMILES string of the molecule is Nc1cnc2c(cnn2-c2ccccc2Br)c1. The molecule has 0 saturated heterocycles. The van der Waals surface area contributed by atoms with Gasteiger partial charge < -0.3 is 5.73 Å². The van der Waals surface area contributed by atoms with E-state index in [2.05, 4.69) is 26.0 Å². The lowest BCUT2D eigenvalue weighted by Gasteiger charge is -2.04. The Labute approximate surface area is 106 Å². The number of hydrogen-bond donors (Lipinski definition) is 1. The van der Waals surface area contributed by atoms with Crippen molar-refractivity contribution >= 4 is 32.7 Å². The summed E-state index contributed by atoms with van der Waals surface area (Å²) in [7, 11) is 0. The number of rotatable bonds is 1. The van der Waals surface area contributed by atoms with Crippen LogP contribution in [0.4, 0.5) is 5.69 Å². The Bertz CT molecular complexity index is 690. The third-order valence-electron chi connectivity index (χ3n) is 2.51. The highest BCUT2D eigenvalue weighted by Gasteiger charge is 2.08. The van der Waals surface area contributed by atoms with Crippen LogP contribution in [-0.4, -0.2) is 14.8 Å². The lowest BCUT2D eigenvalue weighted by atomic mass is 10.3. The van der Waals surface area contributed by atoms with E-state index in [1.54, 1.807) is 17.1 Å². The Kier molecular flexibility index (Phi) is 2.33. The zero-order valence-corrected chi connectivity index (χ0v) is 10.4. The first-order valence-electron chi connectivity index (χ1n) is 5.10. The van der Waals surface area contributed by atoms with Crippen molar-refractivity contribution in [1.29, 1.82) is 0 Å². The maximum atomic E-state index is 5.69. The van der Waals surface area contributed by atoms with Gasteiger partial charge in [0, 0.05) is 9.86 Å². The molecule has 0 aliphatic carbocycles. The standard InChI is InChI=1S/C12H9BrN4/c13-10-3-1-2-4-11(10)17-12-8(6-16-17)5-9(14)7-15-12/h1-7H,14H2. The van der Waals surface area contributed by atoms with Crippen LogP contribution in [0.5, 0.6) is 0 Å². The number of fused-ring (bicyclic) bond motifs is 1. The Hall–Kier alpha value is -1.88. The van der Waals surface area contributed by atoms with Gasteiger partial charge in [-0.25, -0.2) is 9.67 Å². The topological polar surface area (TPSA) is 56.7 Å². The molecule has 2 aromatic heterocycles. The van der Waals surface area contributed by atoms with E-state index in [-0.39, 0.29) is 0 Å². The van der Waals surface area contributed by atoms with Crippen LogP contribution < -0.4 is 5.73 Å². The van der Waals surface area contributed by atoms with Gasteiger partial charge in [-0.2, -0.15) is 5.10 Å². The normalized spacial score (nSPS) is 10.9. The molecule has 4 nitrogen and oxygen atoms in total. The molecule has 17 heavy (non-hydrogen) atoms. The number of aromatic nitrogens is 3. The summed E-state index contributed by atoms with van der Waals surface area (Å²) in [6, 6.07) is 9.74. The molecule has 0 radical (unpaired) electrons. The Morgan fingerprint density at radius 2 is 2.00 bits per heavy atom. The van der Waals surface area contributed by atoms with Gasteiger partial charge >= 0.3 is 0 Å². The van der Waals surface area contributed by atoms with Gasteiger partial charge in [0.15, 0.2) is 5.65 Å². The van der Waals surface area contributed by atoms with Gasteiger partial charge in [0.1, 0.15) is 0 Å². The van der Waals surface area contributed by atoms with E-state index < -0.39 is 0 Å². The average Bonchev–Trinajstić information content (AvgIpc) is 2.72. The van der Waals surface area contributed by atoms with Crippen molar-refractivity contribution in [1.82, 2.24) is 14.8 Å². The van der Waals surface area contributed by atoms with Crippen LogP contribution in [0.1, 0.15) is 0 Å². The molecule has 5 heteroatoms. The number of anilines is 1. The zero-order chi connectivity index (χ0) is 11.8. The van der Waals surface area contributed by atoms with Crippen LogP contribution in [0.3, 0.4) is 0 Å². The van der Waals surface area contributed by atoms with E-state index in [0.29, 0.717) is 5.69 Å². The molecule has 0 fully saturated rings. The minimum atomic E-state index is 0.643. The van der Waals surface area contributed by atoms with Crippen molar-refractivity contribution < 1.29 is 0 Å². The van der Waals surface area contributed by atoms with Crippen LogP contribution in [0.25, 0.3) is 16.7 Å². The molecule has 0 amide bonds. The van der Waals surface area contributed by atoms with Crippen LogP contribution in [0, 0.1) is 0 Å². The quantitative estimate of drug-likeness (QED) is 0.749. The molecule has 0 aliphatic heterocycles. The van der Waals surface area contributed by atoms with Gasteiger partial charge in [-0.15, -0.1) is 0 Å². The van der Waals surface area contributed by atoms with Gasteiger partial charge in [0.2, 0.25) is 0 Å². The third-order valence-corrected chi connectivity index (χ3v) is 3.18. The summed E-state index contributed by atoms with van der Waals surface area (Å²) in [6.45, 7) is 0. The van der Waals surface area contributed by atoms with Crippen molar-refractivity contribution in [2.45, 2.75) is 0 Å². The summed E-state index contributed by atoms with van der Waals surface area (Å²) >= 11 is 3.50. The highest BCUT2D eigenvalue weighted by atomic mass is 79.9. The second-order valence-corrected chi connectivity index (χ2v) is 4.54. The van der Waals surface area contributed by atoms with Crippen molar-refractivity contribution in [3.05, 3.63) is 47.2 Å². The Balaban J connectivity index is 2.29. The van der Waals surface area contributed by atoms with Gasteiger partial charge in [-0.1, -0.05) is 12.1 Å². The largest absolute Gasteiger partial charge is 0.397 e. The molecule has 3 rings (SSSR count). The van der Waals surface area contributed by atoms with E-state index in [1.807, 2.05) is 30.3 Å². The fourth-order valence-corrected chi connectivity index (χ4v) is 2.19. The van der Waals surface area contributed by atoms with Crippen LogP contribution in [0.2, 0.25) is 0 Å². The number of nitrogens with two attached hydrogens (primary N) is 1. The minimum Gasteiger partial charge on any atom is -0.397 e. The highest BCUT2D eigenvalue weighted by molar-refractivity contribution is 9.10. The third kappa shape index (κ3) is 1.68. The summed E-state index contributed by atoms with van der Waals surface area (Å²) in [5, 5.41) is 5.27. The smallest absolute Gasteiger partial charge is 0.163 e. The predicted octanol–water partition coefficient (Wildman–Crippen LogP) is 2.77. The number of hydrogen-bond acceptors (Lipinski definition) is 3. The molecule has 2 heterocycles. The highest BCUT2D eigenvalue weighted by Crippen LogP contribution is 2.23. The van der Waals surface area contributed by atoms with Crippen LogP contribution in [-0.2, 0) is 0 Å². The average molecular weight is 289 g/mol. The molecule has 3 aromatic rings. The number of para-hydroxylation sites is 1. The molecule has 2 N–H and O–H groups in total. The van der Waals surface area contributed by atoms with E-state index in [1.165, 1.54) is 0 Å². The van der Waals surface area contributed by atoms with Gasteiger partial charge in [-0.3, -0.25) is 0 Å². The number of nitrogen functional groups attached to an aromatic ring is 1. The van der Waals surface area contributed by atoms with E-state index in [4.69, 9.17) is 5.73 Å². The summed E-state index contributed by atoms with van der Waals surface area (Å²) in [6.07, 6.45) is 3.40. The van der Waals surface area contributed by atoms with Gasteiger partial charge in [-0.05, 0) is 34.1 Å². The second kappa shape index (κ2) is 3.85. The molecule has 1 aromatic carbocycles. The molecule has 0 saturated carbocycles. The van der Waals surface area contributed by atoms with Crippen molar-refractivity contribution in [2.24, 2.45) is 0 Å². The van der Waals surface area contributed by atoms with Gasteiger partial charge in [0.25, 0.3) is 0 Å². The molecule has 84 valence electrons. The fraction of sp³-hybridized carbons (Fsp3) is 0. The van der Waals surface area contributed by atoms with E-state index in [0.717, 1.165) is 21.2 Å². The monoisotopic (exact) mass is 288 g/mol. The van der Waals surface area contributed by atoms with Crippen molar-refractivity contribution in [2.75, 3.05) is 5.73 Å². The number of halogens is 1. The summed E-state index contributed by atoms with van der Waals surface area (Å²) < 4.78 is 2.77. The van der Waals surface area contributed by atoms with Crippen molar-refractivity contribution in [3.63, 3.8) is 0 Å². The first kappa shape index (κ1) is 10.3. The number of nitrogens with zero attached hydrogens (tertiary/aromatic N) is 3. The molecular formula is C12H9BrN4. The van der Waals surface area contributed by atoms with Gasteiger partial charge in [0.05, 0.1) is 23.8 Å². The van der Waals surface area contributed by atoms with Crippen molar-refractivity contribution in [3.8, 4) is 5.69 Å². The first-order chi connectivity index (χ1) is 8.25. The van der Waals surface area contributed by atoms with Crippen LogP contribution in [0.15, 0.2) is 47.2 Å². The maximum Gasteiger partial charge on any atom is 0.163 e. The fourth-order valence-electron chi connectivity index (χ4n) is 1.74.